The second-order valence-corrected chi connectivity index (χ2v) is 5.15. The molecule has 0 radical (unpaired) electrons. The van der Waals surface area contributed by atoms with E-state index in [1.807, 2.05) is 0 Å². The molecule has 0 unspecified atom stereocenters. The number of aromatic nitrogens is 1. The van der Waals surface area contributed by atoms with Crippen LogP contribution in [0.1, 0.15) is 10.4 Å². The molecular formula is C13H9Cl3N2O2. The number of benzene rings is 1. The monoisotopic (exact) mass is 330 g/mol. The molecule has 104 valence electrons. The SMILES string of the molecule is COC(=O)c1cc(N)cnc1-c1c(Cl)cc(Cl)cc1Cl. The summed E-state index contributed by atoms with van der Waals surface area (Å²) in [5.41, 5.74) is 6.84. The molecule has 0 saturated heterocycles. The highest BCUT2D eigenvalue weighted by atomic mass is 35.5. The number of nitrogen functional groups attached to an aromatic ring is 1. The Morgan fingerprint density at radius 1 is 1.20 bits per heavy atom. The van der Waals surface area contributed by atoms with E-state index in [2.05, 4.69) is 4.98 Å². The van der Waals surface area contributed by atoms with Gasteiger partial charge in [0.1, 0.15) is 0 Å². The van der Waals surface area contributed by atoms with Crippen molar-refractivity contribution >= 4 is 46.5 Å². The fourth-order valence-corrected chi connectivity index (χ4v) is 2.71. The Balaban J connectivity index is 2.73. The predicted molar refractivity (Wildman–Crippen MR) is 80.5 cm³/mol. The van der Waals surface area contributed by atoms with E-state index in [9.17, 15) is 4.79 Å². The Labute approximate surface area is 130 Å². The zero-order valence-electron chi connectivity index (χ0n) is 10.3. The Kier molecular flexibility index (Phi) is 4.38. The molecule has 1 aromatic heterocycles. The lowest BCUT2D eigenvalue weighted by Gasteiger charge is -2.11. The van der Waals surface area contributed by atoms with Crippen LogP contribution in [0.5, 0.6) is 0 Å². The number of carbonyl (C=O) groups excluding carboxylic acids is 1. The number of anilines is 1. The topological polar surface area (TPSA) is 65.2 Å². The smallest absolute Gasteiger partial charge is 0.340 e. The van der Waals surface area contributed by atoms with Crippen molar-refractivity contribution in [2.24, 2.45) is 0 Å². The van der Waals surface area contributed by atoms with Crippen LogP contribution in [0, 0.1) is 0 Å². The largest absolute Gasteiger partial charge is 0.465 e. The fraction of sp³-hybridized carbons (Fsp3) is 0.0769. The number of hydrogen-bond donors (Lipinski definition) is 1. The van der Waals surface area contributed by atoms with E-state index in [4.69, 9.17) is 45.3 Å². The standard InChI is InChI=1S/C13H9Cl3N2O2/c1-20-13(19)8-4-7(17)5-18-12(8)11-9(15)2-6(14)3-10(11)16/h2-5H,17H2,1H3. The Morgan fingerprint density at radius 3 is 2.35 bits per heavy atom. The van der Waals surface area contributed by atoms with Gasteiger partial charge in [0.2, 0.25) is 0 Å². The van der Waals surface area contributed by atoms with E-state index in [1.165, 1.54) is 31.5 Å². The number of esters is 1. The molecule has 0 aliphatic rings. The average molecular weight is 332 g/mol. The van der Waals surface area contributed by atoms with Crippen LogP contribution in [0.25, 0.3) is 11.3 Å². The minimum Gasteiger partial charge on any atom is -0.465 e. The second-order valence-electron chi connectivity index (χ2n) is 3.90. The van der Waals surface area contributed by atoms with Crippen molar-refractivity contribution in [1.29, 1.82) is 0 Å². The van der Waals surface area contributed by atoms with Gasteiger partial charge >= 0.3 is 5.97 Å². The molecule has 2 rings (SSSR count). The van der Waals surface area contributed by atoms with Crippen LogP contribution in [-0.4, -0.2) is 18.1 Å². The minimum atomic E-state index is -0.582. The quantitative estimate of drug-likeness (QED) is 0.842. The highest BCUT2D eigenvalue weighted by molar-refractivity contribution is 6.42. The van der Waals surface area contributed by atoms with Gasteiger partial charge in [-0.05, 0) is 18.2 Å². The van der Waals surface area contributed by atoms with Gasteiger partial charge in [0, 0.05) is 10.6 Å². The molecule has 20 heavy (non-hydrogen) atoms. The van der Waals surface area contributed by atoms with Gasteiger partial charge in [-0.15, -0.1) is 0 Å². The van der Waals surface area contributed by atoms with Gasteiger partial charge in [-0.1, -0.05) is 34.8 Å². The van der Waals surface area contributed by atoms with Gasteiger partial charge in [0.15, 0.2) is 0 Å². The van der Waals surface area contributed by atoms with E-state index in [0.717, 1.165) is 0 Å². The molecule has 0 amide bonds. The van der Waals surface area contributed by atoms with Gasteiger partial charge in [-0.25, -0.2) is 4.79 Å². The molecule has 0 fully saturated rings. The van der Waals surface area contributed by atoms with Crippen LogP contribution in [0.3, 0.4) is 0 Å². The molecule has 0 atom stereocenters. The first kappa shape index (κ1) is 14.9. The maximum absolute atomic E-state index is 11.8. The van der Waals surface area contributed by atoms with Gasteiger partial charge in [0.25, 0.3) is 0 Å². The summed E-state index contributed by atoms with van der Waals surface area (Å²) in [6.07, 6.45) is 1.41. The summed E-state index contributed by atoms with van der Waals surface area (Å²) in [7, 11) is 1.26. The number of carbonyl (C=O) groups is 1. The molecular weight excluding hydrogens is 323 g/mol. The fourth-order valence-electron chi connectivity index (χ4n) is 1.71. The summed E-state index contributed by atoms with van der Waals surface area (Å²) in [5.74, 6) is -0.582. The number of ether oxygens (including phenoxy) is 1. The van der Waals surface area contributed by atoms with E-state index in [0.29, 0.717) is 16.3 Å². The third-order valence-electron chi connectivity index (χ3n) is 2.56. The maximum atomic E-state index is 11.8. The van der Waals surface area contributed by atoms with Gasteiger partial charge in [-0.2, -0.15) is 0 Å². The normalized spacial score (nSPS) is 10.4. The predicted octanol–water partition coefficient (Wildman–Crippen LogP) is 4.08. The Hall–Kier alpha value is -1.49. The summed E-state index contributed by atoms with van der Waals surface area (Å²) < 4.78 is 4.71. The first-order valence-electron chi connectivity index (χ1n) is 5.42. The average Bonchev–Trinajstić information content (AvgIpc) is 2.38. The molecule has 7 heteroatoms. The number of pyridine rings is 1. The van der Waals surface area contributed by atoms with Crippen LogP contribution >= 0.6 is 34.8 Å². The van der Waals surface area contributed by atoms with Crippen molar-refractivity contribution < 1.29 is 9.53 Å². The van der Waals surface area contributed by atoms with Crippen LogP contribution in [0.4, 0.5) is 5.69 Å². The molecule has 2 N–H and O–H groups in total. The van der Waals surface area contributed by atoms with Crippen LogP contribution in [0.2, 0.25) is 15.1 Å². The number of nitrogens with two attached hydrogens (primary N) is 1. The van der Waals surface area contributed by atoms with E-state index in [-0.39, 0.29) is 21.3 Å². The van der Waals surface area contributed by atoms with E-state index in [1.54, 1.807) is 0 Å². The molecule has 1 aromatic carbocycles. The third-order valence-corrected chi connectivity index (χ3v) is 3.37. The minimum absolute atomic E-state index is 0.179. The zero-order chi connectivity index (χ0) is 14.9. The second kappa shape index (κ2) is 5.87. The lowest BCUT2D eigenvalue weighted by molar-refractivity contribution is 0.0601. The van der Waals surface area contributed by atoms with E-state index >= 15 is 0 Å². The molecule has 1 heterocycles. The van der Waals surface area contributed by atoms with Crippen molar-refractivity contribution in [2.75, 3.05) is 12.8 Å². The van der Waals surface area contributed by atoms with Crippen molar-refractivity contribution in [2.45, 2.75) is 0 Å². The first-order valence-corrected chi connectivity index (χ1v) is 6.56. The van der Waals surface area contributed by atoms with E-state index < -0.39 is 5.97 Å². The summed E-state index contributed by atoms with van der Waals surface area (Å²) >= 11 is 18.1. The maximum Gasteiger partial charge on any atom is 0.340 e. The van der Waals surface area contributed by atoms with Crippen molar-refractivity contribution in [3.63, 3.8) is 0 Å². The summed E-state index contributed by atoms with van der Waals surface area (Å²) in [6, 6.07) is 4.49. The van der Waals surface area contributed by atoms with Crippen molar-refractivity contribution in [1.82, 2.24) is 4.98 Å². The van der Waals surface area contributed by atoms with Crippen LogP contribution < -0.4 is 5.73 Å². The summed E-state index contributed by atoms with van der Waals surface area (Å²) in [5, 5.41) is 0.952. The van der Waals surface area contributed by atoms with Crippen LogP contribution in [-0.2, 0) is 4.74 Å². The highest BCUT2D eigenvalue weighted by Gasteiger charge is 2.20. The molecule has 4 nitrogen and oxygen atoms in total. The van der Waals surface area contributed by atoms with Gasteiger partial charge in [0.05, 0.1) is 40.3 Å². The number of hydrogen-bond acceptors (Lipinski definition) is 4. The number of methoxy groups -OCH3 is 1. The molecule has 0 aliphatic carbocycles. The van der Waals surface area contributed by atoms with Crippen molar-refractivity contribution in [3.05, 3.63) is 45.0 Å². The van der Waals surface area contributed by atoms with Crippen LogP contribution in [0.15, 0.2) is 24.4 Å². The number of rotatable bonds is 2. The Morgan fingerprint density at radius 2 is 1.80 bits per heavy atom. The summed E-state index contributed by atoms with van der Waals surface area (Å²) in [4.78, 5) is 16.0. The molecule has 0 aliphatic heterocycles. The molecule has 0 spiro atoms. The highest BCUT2D eigenvalue weighted by Crippen LogP contribution is 2.38. The Bertz CT molecular complexity index is 666. The van der Waals surface area contributed by atoms with Gasteiger partial charge < -0.3 is 10.5 Å². The number of nitrogens with zero attached hydrogens (tertiary/aromatic N) is 1. The molecule has 2 aromatic rings. The zero-order valence-corrected chi connectivity index (χ0v) is 12.6. The lowest BCUT2D eigenvalue weighted by atomic mass is 10.1. The van der Waals surface area contributed by atoms with Gasteiger partial charge in [-0.3, -0.25) is 4.98 Å². The molecule has 0 saturated carbocycles. The first-order chi connectivity index (χ1) is 9.43. The third kappa shape index (κ3) is 2.82. The lowest BCUT2D eigenvalue weighted by Crippen LogP contribution is -2.06. The number of halogens is 3. The molecule has 0 bridgehead atoms. The summed E-state index contributed by atoms with van der Waals surface area (Å²) in [6.45, 7) is 0. The van der Waals surface area contributed by atoms with Crippen molar-refractivity contribution in [3.8, 4) is 11.3 Å².